The minimum absolute atomic E-state index is 0.0150. The van der Waals surface area contributed by atoms with Gasteiger partial charge >= 0.3 is 7.12 Å². The number of aromatic nitrogens is 15. The van der Waals surface area contributed by atoms with Gasteiger partial charge in [0.1, 0.15) is 49.5 Å². The van der Waals surface area contributed by atoms with E-state index in [0.717, 1.165) is 191 Å². The van der Waals surface area contributed by atoms with E-state index in [4.69, 9.17) is 158 Å². The summed E-state index contributed by atoms with van der Waals surface area (Å²) in [7, 11) is -0.396. The molecular formula is C91H97BCl6N24O11. The molecular weight excluding hydrogens is 1830 g/mol. The van der Waals surface area contributed by atoms with Crippen LogP contribution in [0.4, 0.5) is 41.4 Å². The number of morpholine rings is 6. The Balaban J connectivity index is 0.0000000987. The van der Waals surface area contributed by atoms with Crippen LogP contribution in [0.25, 0.3) is 99.9 Å². The summed E-state index contributed by atoms with van der Waals surface area (Å²) in [6.45, 7) is 19.7. The van der Waals surface area contributed by atoms with Crippen molar-refractivity contribution in [3.05, 3.63) is 134 Å². The quantitative estimate of drug-likeness (QED) is 0.0428. The molecule has 11 aromatic heterocycles. The van der Waals surface area contributed by atoms with E-state index in [-0.39, 0.29) is 55.9 Å². The number of halogens is 6. The minimum atomic E-state index is -0.396. The molecule has 692 valence electrons. The molecule has 133 heavy (non-hydrogen) atoms. The van der Waals surface area contributed by atoms with Crippen molar-refractivity contribution in [3.63, 3.8) is 0 Å². The average Bonchev–Trinajstić information content (AvgIpc) is 1.68. The van der Waals surface area contributed by atoms with Gasteiger partial charge in [0.05, 0.1) is 158 Å². The molecule has 11 aliphatic heterocycles. The van der Waals surface area contributed by atoms with Crippen molar-refractivity contribution in [2.45, 2.75) is 175 Å². The molecule has 42 heteroatoms. The van der Waals surface area contributed by atoms with E-state index in [1.165, 1.54) is 25.7 Å². The minimum Gasteiger partial charge on any atom is -0.424 e. The Morgan fingerprint density at radius 2 is 0.812 bits per heavy atom. The van der Waals surface area contributed by atoms with Crippen molar-refractivity contribution in [1.82, 2.24) is 85.4 Å². The zero-order chi connectivity index (χ0) is 91.2. The summed E-state index contributed by atoms with van der Waals surface area (Å²) in [5.41, 5.74) is 27.2. The number of pyridine rings is 4. The number of fused-ring (bicyclic) bond motifs is 15. The summed E-state index contributed by atoms with van der Waals surface area (Å²) in [6.07, 6.45) is 14.1. The molecule has 2 saturated carbocycles. The molecule has 0 amide bonds. The monoisotopic (exact) mass is 1920 g/mol. The number of hydrogen-bond acceptors (Lipinski definition) is 35. The molecule has 14 aromatic rings. The van der Waals surface area contributed by atoms with Gasteiger partial charge in [-0.05, 0) is 242 Å². The number of nitrogens with one attached hydrogen (secondary N) is 2. The summed E-state index contributed by atoms with van der Waals surface area (Å²) in [5, 5.41) is 11.7. The highest BCUT2D eigenvalue weighted by molar-refractivity contribution is 6.62. The van der Waals surface area contributed by atoms with Crippen LogP contribution in [0, 0.1) is 0 Å². The molecule has 8 N–H and O–H groups in total. The SMILES string of the molecule is C1CC2COCC1N2.C1COC2(CC2)CN1.CC1(C)OB(c2ccc3oc(N)nc3c2)OC1(C)C.Clc1ccc2c(Cl)nc(Cl)nc2n1.Clc1ccc2c(N3C4CCC3COC4)nc(Cl)nc2n1.Nc1nc2cc(-c3ccc4c(N5C6CCC5COC6)nc(Cl)nc4n3)ccc2o1.Nc1nc2cc(-c3ccc4c(N5C6CCC5COC6)nc(N5CCOC6(CC6)C5)nc4n3)ccc2o1. The highest BCUT2D eigenvalue weighted by Gasteiger charge is 2.53. The Labute approximate surface area is 793 Å². The van der Waals surface area contributed by atoms with E-state index >= 15 is 0 Å². The molecule has 13 aliphatic rings. The number of oxazole rings is 3. The van der Waals surface area contributed by atoms with Gasteiger partial charge in [-0.15, -0.1) is 0 Å². The summed E-state index contributed by atoms with van der Waals surface area (Å²) in [4.78, 5) is 75.3. The van der Waals surface area contributed by atoms with Crippen LogP contribution in [0.5, 0.6) is 0 Å². The highest BCUT2D eigenvalue weighted by atomic mass is 35.5. The third kappa shape index (κ3) is 19.0. The third-order valence-corrected chi connectivity index (χ3v) is 28.2. The van der Waals surface area contributed by atoms with E-state index in [1.54, 1.807) is 18.2 Å². The lowest BCUT2D eigenvalue weighted by Crippen LogP contribution is -2.47. The fraction of sp³-hybridized carbons (Fsp3) is 0.462. The summed E-state index contributed by atoms with van der Waals surface area (Å²) in [5.74, 6) is 3.40. The van der Waals surface area contributed by atoms with Crippen molar-refractivity contribution in [2.24, 2.45) is 0 Å². The van der Waals surface area contributed by atoms with Crippen LogP contribution in [0.1, 0.15) is 105 Å². The van der Waals surface area contributed by atoms with Crippen molar-refractivity contribution in [3.8, 4) is 22.5 Å². The van der Waals surface area contributed by atoms with Crippen LogP contribution in [0.2, 0.25) is 31.3 Å². The number of anilines is 7. The van der Waals surface area contributed by atoms with Crippen molar-refractivity contribution in [2.75, 3.05) is 129 Å². The van der Waals surface area contributed by atoms with Gasteiger partial charge < -0.3 is 98.4 Å². The molecule has 8 atom stereocenters. The number of nitrogens with zero attached hydrogens (tertiary/aromatic N) is 19. The van der Waals surface area contributed by atoms with Crippen LogP contribution in [-0.4, -0.2) is 245 Å². The van der Waals surface area contributed by atoms with Gasteiger partial charge in [-0.3, -0.25) is 0 Å². The van der Waals surface area contributed by atoms with Gasteiger partial charge in [-0.2, -0.15) is 49.8 Å². The first-order chi connectivity index (χ1) is 64.3. The zero-order valence-electron chi connectivity index (χ0n) is 73.4. The van der Waals surface area contributed by atoms with E-state index in [2.05, 4.69) is 91.1 Å². The van der Waals surface area contributed by atoms with Gasteiger partial charge in [0.2, 0.25) is 21.8 Å². The average molecular weight is 1930 g/mol. The number of nitrogens with two attached hydrogens (primary N) is 3. The third-order valence-electron chi connectivity index (χ3n) is 27.0. The van der Waals surface area contributed by atoms with E-state index in [9.17, 15) is 0 Å². The van der Waals surface area contributed by atoms with E-state index in [1.807, 2.05) is 107 Å². The molecule has 13 fully saturated rings. The van der Waals surface area contributed by atoms with E-state index < -0.39 is 7.12 Å². The summed E-state index contributed by atoms with van der Waals surface area (Å²) in [6, 6.07) is 36.1. The fourth-order valence-corrected chi connectivity index (χ4v) is 20.3. The number of rotatable bonds is 7. The number of ether oxygens (including phenoxy) is 6. The van der Waals surface area contributed by atoms with Gasteiger partial charge in [0.25, 0.3) is 18.0 Å². The van der Waals surface area contributed by atoms with Gasteiger partial charge in [-0.25, -0.2) is 24.9 Å². The standard InChI is InChI=1S/C26H27N7O3.C20H17ClN6O2.C13H17BN2O3.C13H12Cl2N4O.C7H2Cl3N3.2C6H11NO/c27-24-29-20-11-15(1-6-21(20)36-24)19-5-4-18-22(28-19)30-25(32-9-10-35-26(14-32)7-8-26)31-23(18)33-16-2-3-17(33)13-34-12-16;21-19-25-17-13(18(26-19)27-11-2-3-12(27)9-28-8-11)4-5-14(23-17)10-1-6-16-15(7-10)24-20(22)29-16;1-12(2)13(3,4)19-14(18-12)8-5-6-10-9(7-8)16-11(15)17-10;14-10-4-3-9-11(16-10)17-13(15)18-12(9)19-7-1-2-8(19)6-20-5-7;8-4-2-1-3-5(9)12-7(10)13-6(3)11-4;1-2-6-4-8-3-5(1)7-6;1-2-6(1)5-7-3-4-8-6/h1,4-6,11,16-17H,2-3,7-10,12-14H2,(H2,27,29);1,4-7,11-12H,2-3,8-9H2,(H2,22,24);5-7H,1-4H3,(H2,15,16);3-4,7-8H,1-2,5-6H2;1-2H;5-7H,1-4H2;7H,1-5H2. The Morgan fingerprint density at radius 3 is 1.27 bits per heavy atom. The predicted molar refractivity (Wildman–Crippen MR) is 510 cm³/mol. The molecule has 11 saturated heterocycles. The first-order valence-electron chi connectivity index (χ1n) is 45.0. The van der Waals surface area contributed by atoms with Gasteiger partial charge in [0, 0.05) is 49.4 Å². The lowest BCUT2D eigenvalue weighted by atomic mass is 9.79. The zero-order valence-corrected chi connectivity index (χ0v) is 77.9. The maximum atomic E-state index is 6.28. The van der Waals surface area contributed by atoms with Gasteiger partial charge in [0.15, 0.2) is 39.3 Å². The first kappa shape index (κ1) is 89.6. The summed E-state index contributed by atoms with van der Waals surface area (Å²) >= 11 is 35.3. The largest absolute Gasteiger partial charge is 0.494 e. The molecule has 0 radical (unpaired) electrons. The smallest absolute Gasteiger partial charge is 0.424 e. The molecule has 35 nitrogen and oxygen atoms in total. The summed E-state index contributed by atoms with van der Waals surface area (Å²) < 4.78 is 62.1. The van der Waals surface area contributed by atoms with E-state index in [0.29, 0.717) is 145 Å². The fourth-order valence-electron chi connectivity index (χ4n) is 19.2. The molecule has 3 aromatic carbocycles. The van der Waals surface area contributed by atoms with Gasteiger partial charge in [-0.1, -0.05) is 40.9 Å². The maximum Gasteiger partial charge on any atom is 0.494 e. The number of nitrogen functional groups attached to an aromatic ring is 3. The normalized spacial score (nSPS) is 23.9. The van der Waals surface area contributed by atoms with Crippen molar-refractivity contribution in [1.29, 1.82) is 0 Å². The molecule has 2 spiro atoms. The Hall–Kier alpha value is -9.97. The molecule has 8 bridgehead atoms. The van der Waals surface area contributed by atoms with Crippen LogP contribution in [0.3, 0.4) is 0 Å². The highest BCUT2D eigenvalue weighted by Crippen LogP contribution is 2.47. The Bertz CT molecular complexity index is 6630. The number of hydrogen-bond donors (Lipinski definition) is 5. The van der Waals surface area contributed by atoms with Crippen LogP contribution in [-0.2, 0) is 37.7 Å². The predicted octanol–water partition coefficient (Wildman–Crippen LogP) is 14.3. The topological polar surface area (TPSA) is 422 Å². The molecule has 27 rings (SSSR count). The maximum absolute atomic E-state index is 6.28. The second kappa shape index (κ2) is 36.9. The Kier molecular flexibility index (Phi) is 24.9. The van der Waals surface area contributed by atoms with Crippen molar-refractivity contribution >= 4 is 201 Å². The van der Waals surface area contributed by atoms with Crippen LogP contribution < -0.4 is 52.9 Å². The van der Waals surface area contributed by atoms with Crippen LogP contribution >= 0.6 is 69.6 Å². The second-order valence-electron chi connectivity index (χ2n) is 36.6. The van der Waals surface area contributed by atoms with Crippen LogP contribution in [0.15, 0.2) is 116 Å². The lowest BCUT2D eigenvalue weighted by Gasteiger charge is -2.37. The number of benzene rings is 3. The molecule has 22 heterocycles. The Morgan fingerprint density at radius 1 is 0.398 bits per heavy atom. The molecule has 8 unspecified atom stereocenters. The molecule has 2 aliphatic carbocycles. The first-order valence-corrected chi connectivity index (χ1v) is 47.3. The second-order valence-corrected chi connectivity index (χ2v) is 38.7. The lowest BCUT2D eigenvalue weighted by molar-refractivity contribution is 0.00578. The van der Waals surface area contributed by atoms with Crippen molar-refractivity contribution < 1.29 is 51.0 Å².